The molecule has 0 radical (unpaired) electrons. The van der Waals surface area contributed by atoms with E-state index in [1.54, 1.807) is 0 Å². The van der Waals surface area contributed by atoms with Gasteiger partial charge >= 0.3 is 0 Å². The number of para-hydroxylation sites is 1. The zero-order chi connectivity index (χ0) is 16.1. The highest BCUT2D eigenvalue weighted by molar-refractivity contribution is 5.57. The van der Waals surface area contributed by atoms with Crippen molar-refractivity contribution in [2.45, 2.75) is 32.0 Å². The van der Waals surface area contributed by atoms with Gasteiger partial charge in [0.25, 0.3) is 0 Å². The lowest BCUT2D eigenvalue weighted by Gasteiger charge is -2.24. The number of benzene rings is 2. The molecule has 0 aliphatic carbocycles. The summed E-state index contributed by atoms with van der Waals surface area (Å²) in [5, 5.41) is 10.4. The highest BCUT2D eigenvalue weighted by atomic mass is 16.5. The van der Waals surface area contributed by atoms with E-state index in [1.807, 2.05) is 18.2 Å². The maximum Gasteiger partial charge on any atom is 0.0948 e. The molecule has 122 valence electrons. The standard InChI is InChI=1S/C20H25NO2/c1-2-20(17-9-4-3-5-10-17)23-15-18(22)14-21-13-12-16-8-6-7-11-19(16)21/h3-11,18,20,22H,2,12-15H2,1H3. The molecule has 1 heterocycles. The SMILES string of the molecule is CCC(OCC(O)CN1CCc2ccccc21)c1ccccc1. The molecule has 0 saturated carbocycles. The Bertz CT molecular complexity index is 614. The molecule has 0 saturated heterocycles. The number of aliphatic hydroxyl groups excluding tert-OH is 1. The molecule has 0 spiro atoms. The zero-order valence-corrected chi connectivity index (χ0v) is 13.7. The Hall–Kier alpha value is -1.84. The third-order valence-electron chi connectivity index (χ3n) is 4.45. The average Bonchev–Trinajstić information content (AvgIpc) is 2.99. The molecule has 2 aromatic rings. The van der Waals surface area contributed by atoms with E-state index in [2.05, 4.69) is 48.2 Å². The molecular formula is C20H25NO2. The van der Waals surface area contributed by atoms with Gasteiger partial charge in [-0.05, 0) is 30.0 Å². The zero-order valence-electron chi connectivity index (χ0n) is 13.7. The third-order valence-corrected chi connectivity index (χ3v) is 4.45. The van der Waals surface area contributed by atoms with Crippen LogP contribution in [0.4, 0.5) is 5.69 Å². The molecule has 1 aliphatic rings. The van der Waals surface area contributed by atoms with Crippen LogP contribution in [-0.2, 0) is 11.2 Å². The van der Waals surface area contributed by atoms with Gasteiger partial charge in [0.15, 0.2) is 0 Å². The number of nitrogens with zero attached hydrogens (tertiary/aromatic N) is 1. The van der Waals surface area contributed by atoms with E-state index in [0.717, 1.165) is 19.4 Å². The lowest BCUT2D eigenvalue weighted by atomic mass is 10.1. The Morgan fingerprint density at radius 1 is 1.09 bits per heavy atom. The maximum absolute atomic E-state index is 10.4. The maximum atomic E-state index is 10.4. The van der Waals surface area contributed by atoms with Gasteiger partial charge < -0.3 is 14.7 Å². The molecule has 1 N–H and O–H groups in total. The number of hydrogen-bond donors (Lipinski definition) is 1. The summed E-state index contributed by atoms with van der Waals surface area (Å²) in [4.78, 5) is 2.26. The second-order valence-corrected chi connectivity index (χ2v) is 6.12. The van der Waals surface area contributed by atoms with E-state index < -0.39 is 6.10 Å². The monoisotopic (exact) mass is 311 g/mol. The van der Waals surface area contributed by atoms with Gasteiger partial charge in [0, 0.05) is 18.8 Å². The third kappa shape index (κ3) is 3.92. The van der Waals surface area contributed by atoms with Gasteiger partial charge in [-0.1, -0.05) is 55.5 Å². The van der Waals surface area contributed by atoms with Crippen molar-refractivity contribution < 1.29 is 9.84 Å². The molecule has 0 amide bonds. The first-order valence-electron chi connectivity index (χ1n) is 8.45. The fourth-order valence-corrected chi connectivity index (χ4v) is 3.25. The summed E-state index contributed by atoms with van der Waals surface area (Å²) >= 11 is 0. The number of hydrogen-bond acceptors (Lipinski definition) is 3. The van der Waals surface area contributed by atoms with Crippen LogP contribution in [0.5, 0.6) is 0 Å². The fourth-order valence-electron chi connectivity index (χ4n) is 3.25. The van der Waals surface area contributed by atoms with Crippen LogP contribution in [0.2, 0.25) is 0 Å². The number of aliphatic hydroxyl groups is 1. The van der Waals surface area contributed by atoms with Gasteiger partial charge in [-0.15, -0.1) is 0 Å². The number of β-amino-alcohol motifs (C(OH)–C–C–N with tert-alkyl or cyclic N) is 1. The molecule has 2 aromatic carbocycles. The smallest absolute Gasteiger partial charge is 0.0948 e. The largest absolute Gasteiger partial charge is 0.389 e. The first kappa shape index (κ1) is 16.0. The molecule has 0 fully saturated rings. The van der Waals surface area contributed by atoms with Crippen LogP contribution in [0.25, 0.3) is 0 Å². The van der Waals surface area contributed by atoms with Crippen molar-refractivity contribution in [3.05, 3.63) is 65.7 Å². The van der Waals surface area contributed by atoms with Crippen molar-refractivity contribution >= 4 is 5.69 Å². The van der Waals surface area contributed by atoms with Crippen molar-refractivity contribution in [3.63, 3.8) is 0 Å². The van der Waals surface area contributed by atoms with E-state index in [9.17, 15) is 5.11 Å². The van der Waals surface area contributed by atoms with E-state index in [-0.39, 0.29) is 6.10 Å². The average molecular weight is 311 g/mol. The lowest BCUT2D eigenvalue weighted by Crippen LogP contribution is -2.34. The molecule has 3 rings (SSSR count). The Morgan fingerprint density at radius 2 is 1.83 bits per heavy atom. The number of anilines is 1. The van der Waals surface area contributed by atoms with Crippen LogP contribution in [0.3, 0.4) is 0 Å². The second-order valence-electron chi connectivity index (χ2n) is 6.12. The summed E-state index contributed by atoms with van der Waals surface area (Å²) < 4.78 is 5.96. The van der Waals surface area contributed by atoms with Gasteiger partial charge in [0.1, 0.15) is 0 Å². The van der Waals surface area contributed by atoms with E-state index in [0.29, 0.717) is 13.2 Å². The minimum atomic E-state index is -0.473. The van der Waals surface area contributed by atoms with Crippen LogP contribution < -0.4 is 4.90 Å². The number of rotatable bonds is 7. The van der Waals surface area contributed by atoms with Gasteiger partial charge in [0.2, 0.25) is 0 Å². The first-order chi connectivity index (χ1) is 11.3. The van der Waals surface area contributed by atoms with Crippen LogP contribution >= 0.6 is 0 Å². The summed E-state index contributed by atoms with van der Waals surface area (Å²) in [7, 11) is 0. The molecule has 2 atom stereocenters. The van der Waals surface area contributed by atoms with Crippen molar-refractivity contribution in [3.8, 4) is 0 Å². The molecule has 1 aliphatic heterocycles. The normalized spacial score (nSPS) is 16.2. The molecule has 3 nitrogen and oxygen atoms in total. The van der Waals surface area contributed by atoms with Crippen molar-refractivity contribution in [2.75, 3.05) is 24.6 Å². The van der Waals surface area contributed by atoms with Crippen LogP contribution in [-0.4, -0.2) is 30.9 Å². The van der Waals surface area contributed by atoms with Crippen molar-refractivity contribution in [2.24, 2.45) is 0 Å². The van der Waals surface area contributed by atoms with Crippen molar-refractivity contribution in [1.29, 1.82) is 0 Å². The highest BCUT2D eigenvalue weighted by Crippen LogP contribution is 2.27. The second kappa shape index (κ2) is 7.62. The Labute approximate surface area is 138 Å². The summed E-state index contributed by atoms with van der Waals surface area (Å²) in [6.07, 6.45) is 1.55. The number of fused-ring (bicyclic) bond motifs is 1. The molecule has 2 unspecified atom stereocenters. The van der Waals surface area contributed by atoms with Crippen LogP contribution in [0, 0.1) is 0 Å². The first-order valence-corrected chi connectivity index (χ1v) is 8.45. The van der Waals surface area contributed by atoms with E-state index in [1.165, 1.54) is 16.8 Å². The Morgan fingerprint density at radius 3 is 2.61 bits per heavy atom. The van der Waals surface area contributed by atoms with Gasteiger partial charge in [-0.2, -0.15) is 0 Å². The molecule has 0 aromatic heterocycles. The minimum Gasteiger partial charge on any atom is -0.389 e. The lowest BCUT2D eigenvalue weighted by molar-refractivity contribution is -0.00911. The Kier molecular flexibility index (Phi) is 5.31. The van der Waals surface area contributed by atoms with E-state index in [4.69, 9.17) is 4.74 Å². The van der Waals surface area contributed by atoms with Crippen LogP contribution in [0.15, 0.2) is 54.6 Å². The molecule has 0 bridgehead atoms. The highest BCUT2D eigenvalue weighted by Gasteiger charge is 2.21. The van der Waals surface area contributed by atoms with Gasteiger partial charge in [-0.25, -0.2) is 0 Å². The Balaban J connectivity index is 1.53. The van der Waals surface area contributed by atoms with Gasteiger partial charge in [-0.3, -0.25) is 0 Å². The van der Waals surface area contributed by atoms with Crippen LogP contribution in [0.1, 0.15) is 30.6 Å². The topological polar surface area (TPSA) is 32.7 Å². The fraction of sp³-hybridized carbons (Fsp3) is 0.400. The van der Waals surface area contributed by atoms with E-state index >= 15 is 0 Å². The summed E-state index contributed by atoms with van der Waals surface area (Å²) in [6.45, 7) is 4.08. The number of ether oxygens (including phenoxy) is 1. The van der Waals surface area contributed by atoms with Crippen molar-refractivity contribution in [1.82, 2.24) is 0 Å². The summed E-state index contributed by atoms with van der Waals surface area (Å²) in [5.41, 5.74) is 3.80. The summed E-state index contributed by atoms with van der Waals surface area (Å²) in [6, 6.07) is 18.7. The van der Waals surface area contributed by atoms with Gasteiger partial charge in [0.05, 0.1) is 18.8 Å². The molecular weight excluding hydrogens is 286 g/mol. The predicted molar refractivity (Wildman–Crippen MR) is 93.8 cm³/mol. The summed E-state index contributed by atoms with van der Waals surface area (Å²) in [5.74, 6) is 0. The quantitative estimate of drug-likeness (QED) is 0.848. The minimum absolute atomic E-state index is 0.0525. The molecule has 23 heavy (non-hydrogen) atoms. The predicted octanol–water partition coefficient (Wildman–Crippen LogP) is 3.58. The molecule has 3 heteroatoms.